The van der Waals surface area contributed by atoms with Gasteiger partial charge in [0.05, 0.1) is 6.04 Å². The van der Waals surface area contributed by atoms with Gasteiger partial charge in [-0.15, -0.1) is 4.91 Å². The van der Waals surface area contributed by atoms with Gasteiger partial charge >= 0.3 is 0 Å². The quantitative estimate of drug-likeness (QED) is 0.469. The molecule has 0 aliphatic heterocycles. The molecule has 6 heteroatoms. The van der Waals surface area contributed by atoms with Crippen LogP contribution in [0.1, 0.15) is 22.7 Å². The molecule has 138 valence electrons. The van der Waals surface area contributed by atoms with Gasteiger partial charge in [0, 0.05) is 23.3 Å². The molecule has 4 aromatic rings. The van der Waals surface area contributed by atoms with Crippen LogP contribution in [0.15, 0.2) is 78.2 Å². The van der Waals surface area contributed by atoms with E-state index in [1.54, 1.807) is 24.5 Å². The first-order valence-electron chi connectivity index (χ1n) is 8.85. The average molecular weight is 370 g/mol. The van der Waals surface area contributed by atoms with Crippen LogP contribution >= 0.6 is 0 Å². The fourth-order valence-corrected chi connectivity index (χ4v) is 3.22. The molecule has 28 heavy (non-hydrogen) atoms. The maximum absolute atomic E-state index is 10.9. The molecule has 0 radical (unpaired) electrons. The van der Waals surface area contributed by atoms with Crippen molar-refractivity contribution < 1.29 is 5.11 Å². The molecule has 0 aliphatic rings. The van der Waals surface area contributed by atoms with Crippen molar-refractivity contribution in [3.63, 3.8) is 0 Å². The molecule has 2 aromatic carbocycles. The average Bonchev–Trinajstić information content (AvgIpc) is 2.74. The summed E-state index contributed by atoms with van der Waals surface area (Å²) in [6.45, 7) is 1.97. The zero-order chi connectivity index (χ0) is 19.5. The zero-order valence-corrected chi connectivity index (χ0v) is 15.2. The van der Waals surface area contributed by atoms with Gasteiger partial charge in [-0.1, -0.05) is 36.4 Å². The van der Waals surface area contributed by atoms with Crippen LogP contribution in [-0.2, 0) is 0 Å². The number of aryl methyl sites for hydroxylation is 1. The van der Waals surface area contributed by atoms with E-state index < -0.39 is 0 Å². The van der Waals surface area contributed by atoms with Gasteiger partial charge in [0.25, 0.3) is 0 Å². The summed E-state index contributed by atoms with van der Waals surface area (Å²) in [5.74, 6) is 0.826. The lowest BCUT2D eigenvalue weighted by molar-refractivity contribution is 0.471. The summed E-state index contributed by atoms with van der Waals surface area (Å²) in [7, 11) is 0. The standard InChI is InChI=1S/C22H18N4O2/c1-14-4-2-13-24-22(14)25-19(16-6-9-17(26-28)10-7-16)18-11-8-15-5-3-12-23-20(15)21(18)27/h2-13,19,27H,1H3,(H,24,25). The summed E-state index contributed by atoms with van der Waals surface area (Å²) in [5.41, 5.74) is 3.40. The van der Waals surface area contributed by atoms with Crippen molar-refractivity contribution in [2.45, 2.75) is 13.0 Å². The molecule has 2 aromatic heterocycles. The van der Waals surface area contributed by atoms with Crippen LogP contribution in [-0.4, -0.2) is 15.1 Å². The van der Waals surface area contributed by atoms with Crippen LogP contribution in [0.2, 0.25) is 0 Å². The molecule has 0 amide bonds. The van der Waals surface area contributed by atoms with E-state index >= 15 is 0 Å². The first kappa shape index (κ1) is 17.6. The van der Waals surface area contributed by atoms with Crippen LogP contribution in [0.5, 0.6) is 5.75 Å². The molecular formula is C22H18N4O2. The molecule has 0 spiro atoms. The van der Waals surface area contributed by atoms with Crippen molar-refractivity contribution in [1.29, 1.82) is 0 Å². The Bertz CT molecular complexity index is 1140. The normalized spacial score (nSPS) is 11.9. The number of phenolic OH excluding ortho intramolecular Hbond substituents is 1. The largest absolute Gasteiger partial charge is 0.505 e. The Kier molecular flexibility index (Phi) is 4.68. The number of nitrogens with one attached hydrogen (secondary N) is 1. The molecule has 2 N–H and O–H groups in total. The molecule has 0 fully saturated rings. The second-order valence-corrected chi connectivity index (χ2v) is 6.51. The number of nitrogens with zero attached hydrogens (tertiary/aromatic N) is 3. The summed E-state index contributed by atoms with van der Waals surface area (Å²) in [5, 5.41) is 18.2. The topological polar surface area (TPSA) is 87.5 Å². The molecule has 0 bridgehead atoms. The number of fused-ring (bicyclic) bond motifs is 1. The molecule has 0 saturated heterocycles. The van der Waals surface area contributed by atoms with Gasteiger partial charge in [-0.05, 0) is 47.5 Å². The second kappa shape index (κ2) is 7.44. The number of rotatable bonds is 5. The highest BCUT2D eigenvalue weighted by atomic mass is 16.3. The number of nitroso groups, excluding NO2 is 1. The summed E-state index contributed by atoms with van der Waals surface area (Å²) >= 11 is 0. The minimum Gasteiger partial charge on any atom is -0.505 e. The predicted molar refractivity (Wildman–Crippen MR) is 110 cm³/mol. The molecule has 6 nitrogen and oxygen atoms in total. The highest BCUT2D eigenvalue weighted by Crippen LogP contribution is 2.37. The fourth-order valence-electron chi connectivity index (χ4n) is 3.22. The van der Waals surface area contributed by atoms with Gasteiger partial charge in [-0.2, -0.15) is 0 Å². The lowest BCUT2D eigenvalue weighted by Crippen LogP contribution is -2.14. The predicted octanol–water partition coefficient (Wildman–Crippen LogP) is 5.24. The molecule has 1 unspecified atom stereocenters. The fraction of sp³-hybridized carbons (Fsp3) is 0.0909. The van der Waals surface area contributed by atoms with E-state index in [-0.39, 0.29) is 11.8 Å². The third kappa shape index (κ3) is 3.27. The van der Waals surface area contributed by atoms with E-state index in [0.29, 0.717) is 22.6 Å². The number of aromatic nitrogens is 2. The Morgan fingerprint density at radius 2 is 1.71 bits per heavy atom. The lowest BCUT2D eigenvalue weighted by atomic mass is 9.96. The van der Waals surface area contributed by atoms with E-state index in [9.17, 15) is 10.0 Å². The van der Waals surface area contributed by atoms with Crippen LogP contribution in [0.3, 0.4) is 0 Å². The molecule has 2 heterocycles. The Labute approximate surface area is 161 Å². The van der Waals surface area contributed by atoms with Gasteiger partial charge in [0.2, 0.25) is 0 Å². The maximum Gasteiger partial charge on any atom is 0.147 e. The molecular weight excluding hydrogens is 352 g/mol. The highest BCUT2D eigenvalue weighted by Gasteiger charge is 2.21. The highest BCUT2D eigenvalue weighted by molar-refractivity contribution is 5.86. The third-order valence-corrected chi connectivity index (χ3v) is 4.71. The minimum atomic E-state index is -0.388. The van der Waals surface area contributed by atoms with Crippen molar-refractivity contribution >= 4 is 22.4 Å². The summed E-state index contributed by atoms with van der Waals surface area (Å²) in [6, 6.07) is 17.9. The SMILES string of the molecule is Cc1cccnc1NC(c1ccc(N=O)cc1)c1ccc2cccnc2c1O. The Morgan fingerprint density at radius 3 is 2.46 bits per heavy atom. The van der Waals surface area contributed by atoms with Crippen LogP contribution in [0.25, 0.3) is 10.9 Å². The number of anilines is 1. The second-order valence-electron chi connectivity index (χ2n) is 6.51. The van der Waals surface area contributed by atoms with E-state index in [1.807, 2.05) is 55.5 Å². The molecule has 1 atom stereocenters. The van der Waals surface area contributed by atoms with Crippen molar-refractivity contribution in [3.8, 4) is 5.75 Å². The van der Waals surface area contributed by atoms with E-state index in [0.717, 1.165) is 16.5 Å². The molecule has 0 saturated carbocycles. The van der Waals surface area contributed by atoms with Gasteiger partial charge < -0.3 is 10.4 Å². The maximum atomic E-state index is 10.9. The van der Waals surface area contributed by atoms with Gasteiger partial charge in [-0.25, -0.2) is 4.98 Å². The van der Waals surface area contributed by atoms with Crippen molar-refractivity contribution in [2.75, 3.05) is 5.32 Å². The first-order chi connectivity index (χ1) is 13.7. The summed E-state index contributed by atoms with van der Waals surface area (Å²) in [4.78, 5) is 19.5. The van der Waals surface area contributed by atoms with Crippen molar-refractivity contribution in [1.82, 2.24) is 9.97 Å². The number of phenols is 1. The van der Waals surface area contributed by atoms with Crippen LogP contribution in [0, 0.1) is 11.8 Å². The Morgan fingerprint density at radius 1 is 0.964 bits per heavy atom. The first-order valence-corrected chi connectivity index (χ1v) is 8.85. The summed E-state index contributed by atoms with van der Waals surface area (Å²) < 4.78 is 0. The smallest absolute Gasteiger partial charge is 0.147 e. The van der Waals surface area contributed by atoms with Gasteiger partial charge in [0.15, 0.2) is 0 Å². The number of hydrogen-bond donors (Lipinski definition) is 2. The van der Waals surface area contributed by atoms with Crippen LogP contribution < -0.4 is 5.32 Å². The van der Waals surface area contributed by atoms with Crippen molar-refractivity contribution in [3.05, 3.63) is 94.7 Å². The van der Waals surface area contributed by atoms with Crippen molar-refractivity contribution in [2.24, 2.45) is 5.18 Å². The summed E-state index contributed by atoms with van der Waals surface area (Å²) in [6.07, 6.45) is 3.37. The number of hydrogen-bond acceptors (Lipinski definition) is 6. The zero-order valence-electron chi connectivity index (χ0n) is 15.2. The Hall–Kier alpha value is -3.80. The lowest BCUT2D eigenvalue weighted by Gasteiger charge is -2.23. The van der Waals surface area contributed by atoms with E-state index in [2.05, 4.69) is 20.5 Å². The molecule has 0 aliphatic carbocycles. The monoisotopic (exact) mass is 370 g/mol. The molecule has 4 rings (SSSR count). The number of pyridine rings is 2. The number of benzene rings is 2. The van der Waals surface area contributed by atoms with E-state index in [1.165, 1.54) is 0 Å². The van der Waals surface area contributed by atoms with E-state index in [4.69, 9.17) is 0 Å². The van der Waals surface area contributed by atoms with Gasteiger partial charge in [0.1, 0.15) is 22.8 Å². The minimum absolute atomic E-state index is 0.113. The van der Waals surface area contributed by atoms with Gasteiger partial charge in [-0.3, -0.25) is 4.98 Å². The Balaban J connectivity index is 1.86. The number of aromatic hydroxyl groups is 1. The van der Waals surface area contributed by atoms with Crippen LogP contribution in [0.4, 0.5) is 11.5 Å². The third-order valence-electron chi connectivity index (χ3n) is 4.71.